The number of barbiturate groups is 1. The van der Waals surface area contributed by atoms with Gasteiger partial charge in [0.25, 0.3) is 0 Å². The highest BCUT2D eigenvalue weighted by Gasteiger charge is 2.41. The lowest BCUT2D eigenvalue weighted by Crippen LogP contribution is -2.57. The van der Waals surface area contributed by atoms with E-state index in [0.29, 0.717) is 13.2 Å². The van der Waals surface area contributed by atoms with Crippen LogP contribution in [0.3, 0.4) is 0 Å². The first-order valence-corrected chi connectivity index (χ1v) is 7.21. The van der Waals surface area contributed by atoms with Crippen molar-refractivity contribution >= 4 is 24.1 Å². The molecule has 1 fully saturated rings. The van der Waals surface area contributed by atoms with Crippen LogP contribution in [0.15, 0.2) is 29.3 Å². The van der Waals surface area contributed by atoms with Gasteiger partial charge < -0.3 is 4.74 Å². The van der Waals surface area contributed by atoms with E-state index in [4.69, 9.17) is 4.74 Å². The number of carbonyl (C=O) groups is 3. The van der Waals surface area contributed by atoms with Crippen molar-refractivity contribution in [2.45, 2.75) is 6.92 Å². The molecule has 0 N–H and O–H groups in total. The van der Waals surface area contributed by atoms with Crippen LogP contribution < -0.4 is 4.74 Å². The molecule has 1 aliphatic heterocycles. The van der Waals surface area contributed by atoms with Crippen molar-refractivity contribution in [2.24, 2.45) is 10.9 Å². The fourth-order valence-electron chi connectivity index (χ4n) is 2.17. The molecule has 0 spiro atoms. The van der Waals surface area contributed by atoms with Gasteiger partial charge in [0.05, 0.1) is 6.54 Å². The van der Waals surface area contributed by atoms with Gasteiger partial charge in [-0.1, -0.05) is 18.2 Å². The van der Waals surface area contributed by atoms with Crippen molar-refractivity contribution in [3.8, 4) is 5.75 Å². The van der Waals surface area contributed by atoms with Crippen LogP contribution in [0, 0.1) is 12.8 Å². The number of hydrogen-bond acceptors (Lipinski definition) is 5. The predicted molar refractivity (Wildman–Crippen MR) is 84.5 cm³/mol. The van der Waals surface area contributed by atoms with Crippen LogP contribution in [0.25, 0.3) is 0 Å². The standard InChI is InChI=1S/C16H19N3O4/c1-11-6-4-5-7-13(11)23-9-8-17-10-12-14(20)18(2)16(22)19(3)15(12)21/h4-7,10,12H,8-9H2,1-3H3. The third-order valence-electron chi connectivity index (χ3n) is 3.59. The van der Waals surface area contributed by atoms with E-state index in [1.807, 2.05) is 31.2 Å². The van der Waals surface area contributed by atoms with Crippen molar-refractivity contribution < 1.29 is 19.1 Å². The SMILES string of the molecule is Cc1ccccc1OCCN=CC1C(=O)N(C)C(=O)N(C)C1=O. The molecule has 7 nitrogen and oxygen atoms in total. The van der Waals surface area contributed by atoms with Gasteiger partial charge in [0.2, 0.25) is 11.8 Å². The average molecular weight is 317 g/mol. The Morgan fingerprint density at radius 3 is 2.35 bits per heavy atom. The largest absolute Gasteiger partial charge is 0.491 e. The van der Waals surface area contributed by atoms with E-state index in [2.05, 4.69) is 4.99 Å². The molecule has 0 atom stereocenters. The zero-order valence-corrected chi connectivity index (χ0v) is 13.4. The Labute approximate surface area is 134 Å². The molecular formula is C16H19N3O4. The number of aliphatic imine (C=N–C) groups is 1. The monoisotopic (exact) mass is 317 g/mol. The lowest BCUT2D eigenvalue weighted by molar-refractivity contribution is -0.144. The van der Waals surface area contributed by atoms with E-state index in [-0.39, 0.29) is 0 Å². The van der Waals surface area contributed by atoms with E-state index in [1.54, 1.807) is 0 Å². The second-order valence-corrected chi connectivity index (χ2v) is 5.22. The average Bonchev–Trinajstić information content (AvgIpc) is 2.55. The van der Waals surface area contributed by atoms with Crippen LogP contribution in [0.4, 0.5) is 4.79 Å². The molecule has 0 unspecified atom stereocenters. The van der Waals surface area contributed by atoms with Crippen LogP contribution in [-0.2, 0) is 9.59 Å². The molecule has 0 bridgehead atoms. The number of ether oxygens (including phenoxy) is 1. The summed E-state index contributed by atoms with van der Waals surface area (Å²) in [7, 11) is 2.69. The third-order valence-corrected chi connectivity index (χ3v) is 3.59. The number of benzene rings is 1. The molecule has 0 radical (unpaired) electrons. The molecule has 7 heteroatoms. The summed E-state index contributed by atoms with van der Waals surface area (Å²) in [6.45, 7) is 2.59. The summed E-state index contributed by atoms with van der Waals surface area (Å²) < 4.78 is 5.58. The number of hydrogen-bond donors (Lipinski definition) is 0. The number of para-hydroxylation sites is 1. The van der Waals surface area contributed by atoms with Crippen LogP contribution in [0.1, 0.15) is 5.56 Å². The number of imide groups is 2. The highest BCUT2D eigenvalue weighted by Crippen LogP contribution is 2.16. The molecule has 1 aromatic carbocycles. The maximum Gasteiger partial charge on any atom is 0.332 e. The molecule has 1 aromatic rings. The minimum Gasteiger partial charge on any atom is -0.491 e. The summed E-state index contributed by atoms with van der Waals surface area (Å²) in [6.07, 6.45) is 1.28. The summed E-state index contributed by atoms with van der Waals surface area (Å²) in [5, 5.41) is 0. The van der Waals surface area contributed by atoms with Crippen molar-refractivity contribution in [3.63, 3.8) is 0 Å². The van der Waals surface area contributed by atoms with Crippen LogP contribution >= 0.6 is 0 Å². The van der Waals surface area contributed by atoms with Gasteiger partial charge in [-0.05, 0) is 18.6 Å². The third kappa shape index (κ3) is 3.56. The molecule has 1 saturated heterocycles. The van der Waals surface area contributed by atoms with Gasteiger partial charge in [-0.2, -0.15) is 0 Å². The summed E-state index contributed by atoms with van der Waals surface area (Å²) in [4.78, 5) is 41.4. The number of urea groups is 1. The highest BCUT2D eigenvalue weighted by atomic mass is 16.5. The number of nitrogens with zero attached hydrogens (tertiary/aromatic N) is 3. The Bertz CT molecular complexity index is 632. The molecule has 0 aliphatic carbocycles. The molecular weight excluding hydrogens is 298 g/mol. The van der Waals surface area contributed by atoms with Crippen LogP contribution in [0.5, 0.6) is 5.75 Å². The lowest BCUT2D eigenvalue weighted by Gasteiger charge is -2.31. The first-order valence-electron chi connectivity index (χ1n) is 7.21. The quantitative estimate of drug-likeness (QED) is 0.463. The fourth-order valence-corrected chi connectivity index (χ4v) is 2.17. The van der Waals surface area contributed by atoms with Crippen LogP contribution in [0.2, 0.25) is 0 Å². The van der Waals surface area contributed by atoms with Gasteiger partial charge >= 0.3 is 6.03 Å². The van der Waals surface area contributed by atoms with E-state index in [1.165, 1.54) is 20.3 Å². The second kappa shape index (κ2) is 7.04. The Kier molecular flexibility index (Phi) is 5.10. The number of aryl methyl sites for hydroxylation is 1. The van der Waals surface area contributed by atoms with Gasteiger partial charge in [-0.15, -0.1) is 0 Å². The van der Waals surface area contributed by atoms with Gasteiger partial charge in [-0.25, -0.2) is 4.79 Å². The van der Waals surface area contributed by atoms with Crippen molar-refractivity contribution in [3.05, 3.63) is 29.8 Å². The Morgan fingerprint density at radius 2 is 1.74 bits per heavy atom. The first-order chi connectivity index (χ1) is 10.9. The van der Waals surface area contributed by atoms with Crippen LogP contribution in [-0.4, -0.2) is 61.1 Å². The topological polar surface area (TPSA) is 79.3 Å². The van der Waals surface area contributed by atoms with Crippen molar-refractivity contribution in [1.29, 1.82) is 0 Å². The molecule has 1 heterocycles. The molecule has 2 rings (SSSR count). The lowest BCUT2D eigenvalue weighted by atomic mass is 10.1. The Hall–Kier alpha value is -2.70. The van der Waals surface area contributed by atoms with Crippen molar-refractivity contribution in [1.82, 2.24) is 9.80 Å². The van der Waals surface area contributed by atoms with E-state index < -0.39 is 23.8 Å². The fraction of sp³-hybridized carbons (Fsp3) is 0.375. The minimum atomic E-state index is -1.05. The highest BCUT2D eigenvalue weighted by molar-refractivity contribution is 6.23. The maximum absolute atomic E-state index is 12.0. The molecule has 4 amide bonds. The number of amides is 4. The molecule has 122 valence electrons. The normalized spacial score (nSPS) is 16.6. The summed E-state index contributed by atoms with van der Waals surface area (Å²) in [5.74, 6) is -1.41. The van der Waals surface area contributed by atoms with E-state index in [0.717, 1.165) is 21.1 Å². The van der Waals surface area contributed by atoms with Gasteiger partial charge in [-0.3, -0.25) is 24.4 Å². The van der Waals surface area contributed by atoms with E-state index >= 15 is 0 Å². The van der Waals surface area contributed by atoms with Gasteiger partial charge in [0.1, 0.15) is 12.4 Å². The maximum atomic E-state index is 12.0. The Balaban J connectivity index is 1.90. The summed E-state index contributed by atoms with van der Waals surface area (Å²) >= 11 is 0. The number of rotatable bonds is 5. The molecule has 0 saturated carbocycles. The number of carbonyl (C=O) groups excluding carboxylic acids is 3. The zero-order chi connectivity index (χ0) is 17.0. The minimum absolute atomic E-state index is 0.312. The molecule has 23 heavy (non-hydrogen) atoms. The molecule has 0 aromatic heterocycles. The first kappa shape index (κ1) is 16.7. The predicted octanol–water partition coefficient (Wildman–Crippen LogP) is 1.11. The second-order valence-electron chi connectivity index (χ2n) is 5.22. The zero-order valence-electron chi connectivity index (χ0n) is 13.4. The smallest absolute Gasteiger partial charge is 0.332 e. The Morgan fingerprint density at radius 1 is 1.13 bits per heavy atom. The summed E-state index contributed by atoms with van der Waals surface area (Å²) in [6, 6.07) is 6.99. The molecule has 1 aliphatic rings. The van der Waals surface area contributed by atoms with Gasteiger partial charge in [0.15, 0.2) is 5.92 Å². The summed E-state index contributed by atoms with van der Waals surface area (Å²) in [5.41, 5.74) is 1.02. The van der Waals surface area contributed by atoms with Gasteiger partial charge in [0, 0.05) is 20.3 Å². The van der Waals surface area contributed by atoms with E-state index in [9.17, 15) is 14.4 Å². The van der Waals surface area contributed by atoms with Crippen molar-refractivity contribution in [2.75, 3.05) is 27.2 Å².